The van der Waals surface area contributed by atoms with Crippen molar-refractivity contribution in [1.82, 2.24) is 4.90 Å². The van der Waals surface area contributed by atoms with Gasteiger partial charge >= 0.3 is 6.09 Å². The molecule has 0 bridgehead atoms. The van der Waals surface area contributed by atoms with Crippen molar-refractivity contribution in [2.24, 2.45) is 0 Å². The number of alkyl halides is 1. The predicted molar refractivity (Wildman–Crippen MR) is 57.9 cm³/mol. The van der Waals surface area contributed by atoms with Crippen LogP contribution in [0, 0.1) is 0 Å². The fourth-order valence-corrected chi connectivity index (χ4v) is 1.83. The van der Waals surface area contributed by atoms with Gasteiger partial charge in [0.2, 0.25) is 0 Å². The smallest absolute Gasteiger partial charge is 0.410 e. The predicted octanol–water partition coefficient (Wildman–Crippen LogP) is 1.72. The summed E-state index contributed by atoms with van der Waals surface area (Å²) >= 11 is 0. The highest BCUT2D eigenvalue weighted by molar-refractivity contribution is 5.69. The molecule has 0 aliphatic carbocycles. The van der Waals surface area contributed by atoms with E-state index in [1.165, 1.54) is 4.90 Å². The summed E-state index contributed by atoms with van der Waals surface area (Å²) in [6.45, 7) is 6.66. The Bertz CT molecular complexity index is 277. The fraction of sp³-hybridized carbons (Fsp3) is 0.909. The zero-order chi connectivity index (χ0) is 12.6. The van der Waals surface area contributed by atoms with Crippen LogP contribution < -0.4 is 0 Å². The number of carbonyl (C=O) groups is 1. The van der Waals surface area contributed by atoms with E-state index in [0.29, 0.717) is 0 Å². The Morgan fingerprint density at radius 2 is 2.19 bits per heavy atom. The molecule has 0 spiro atoms. The maximum Gasteiger partial charge on any atom is 0.410 e. The van der Waals surface area contributed by atoms with Crippen molar-refractivity contribution in [2.75, 3.05) is 13.2 Å². The molecule has 1 fully saturated rings. The number of rotatable bonds is 1. The third kappa shape index (κ3) is 2.84. The van der Waals surface area contributed by atoms with Gasteiger partial charge in [-0.3, -0.25) is 4.90 Å². The molecular formula is C11H20FNO3. The van der Waals surface area contributed by atoms with Crippen LogP contribution in [0.5, 0.6) is 0 Å². The van der Waals surface area contributed by atoms with Crippen molar-refractivity contribution in [3.8, 4) is 0 Å². The van der Waals surface area contributed by atoms with Crippen molar-refractivity contribution in [2.45, 2.75) is 51.4 Å². The Kier molecular flexibility index (Phi) is 3.47. The van der Waals surface area contributed by atoms with E-state index in [2.05, 4.69) is 0 Å². The summed E-state index contributed by atoms with van der Waals surface area (Å²) in [6, 6.07) is 0. The molecule has 1 aliphatic heterocycles. The Morgan fingerprint density at radius 1 is 1.62 bits per heavy atom. The summed E-state index contributed by atoms with van der Waals surface area (Å²) in [4.78, 5) is 13.1. The molecule has 1 aliphatic rings. The van der Waals surface area contributed by atoms with E-state index in [-0.39, 0.29) is 19.6 Å². The summed E-state index contributed by atoms with van der Waals surface area (Å²) < 4.78 is 18.5. The first-order valence-electron chi connectivity index (χ1n) is 5.43. The molecule has 1 heterocycles. The lowest BCUT2D eigenvalue weighted by Crippen LogP contribution is -2.49. The number of amides is 1. The lowest BCUT2D eigenvalue weighted by Gasteiger charge is -2.34. The SMILES string of the molecule is CC(C)(C)OC(=O)N1C[C@@H](F)C[C@]1(C)CO. The van der Waals surface area contributed by atoms with Gasteiger partial charge in [0.25, 0.3) is 0 Å². The van der Waals surface area contributed by atoms with E-state index in [1.807, 2.05) is 0 Å². The highest BCUT2D eigenvalue weighted by Crippen LogP contribution is 2.31. The standard InChI is InChI=1S/C11H20FNO3/c1-10(2,3)16-9(15)13-6-8(12)5-11(13,4)7-14/h8,14H,5-7H2,1-4H3/t8-,11+/m0/s1. The minimum atomic E-state index is -1.09. The van der Waals surface area contributed by atoms with Gasteiger partial charge in [0, 0.05) is 6.42 Å². The highest BCUT2D eigenvalue weighted by Gasteiger charge is 2.46. The van der Waals surface area contributed by atoms with Crippen molar-refractivity contribution < 1.29 is 19.0 Å². The van der Waals surface area contributed by atoms with Crippen LogP contribution in [-0.4, -0.2) is 46.6 Å². The van der Waals surface area contributed by atoms with Crippen molar-refractivity contribution >= 4 is 6.09 Å². The van der Waals surface area contributed by atoms with Crippen LogP contribution in [0.1, 0.15) is 34.1 Å². The van der Waals surface area contributed by atoms with Crippen LogP contribution in [0.15, 0.2) is 0 Å². The first-order chi connectivity index (χ1) is 7.18. The molecule has 0 aromatic carbocycles. The van der Waals surface area contributed by atoms with Crippen LogP contribution >= 0.6 is 0 Å². The number of hydrogen-bond acceptors (Lipinski definition) is 3. The number of halogens is 1. The Hall–Kier alpha value is -0.840. The number of ether oxygens (including phenoxy) is 1. The van der Waals surface area contributed by atoms with Gasteiger partial charge in [0.15, 0.2) is 0 Å². The lowest BCUT2D eigenvalue weighted by atomic mass is 10.0. The summed E-state index contributed by atoms with van der Waals surface area (Å²) in [5.74, 6) is 0. The number of carbonyl (C=O) groups excluding carboxylic acids is 1. The van der Waals surface area contributed by atoms with Gasteiger partial charge < -0.3 is 9.84 Å². The first-order valence-corrected chi connectivity index (χ1v) is 5.43. The quantitative estimate of drug-likeness (QED) is 0.750. The molecule has 4 nitrogen and oxygen atoms in total. The number of nitrogens with zero attached hydrogens (tertiary/aromatic N) is 1. The minimum absolute atomic E-state index is 0.00796. The van der Waals surface area contributed by atoms with Gasteiger partial charge in [0.1, 0.15) is 11.8 Å². The second-order valence-electron chi connectivity index (χ2n) is 5.55. The van der Waals surface area contributed by atoms with Gasteiger partial charge in [-0.05, 0) is 27.7 Å². The van der Waals surface area contributed by atoms with E-state index in [9.17, 15) is 14.3 Å². The maximum absolute atomic E-state index is 13.3. The van der Waals surface area contributed by atoms with Crippen molar-refractivity contribution in [3.05, 3.63) is 0 Å². The maximum atomic E-state index is 13.3. The molecule has 1 rings (SSSR count). The van der Waals surface area contributed by atoms with Crippen LogP contribution in [0.25, 0.3) is 0 Å². The van der Waals surface area contributed by atoms with Gasteiger partial charge in [0.05, 0.1) is 18.7 Å². The van der Waals surface area contributed by atoms with Crippen LogP contribution in [-0.2, 0) is 4.74 Å². The molecule has 0 unspecified atom stereocenters. The van der Waals surface area contributed by atoms with Crippen LogP contribution in [0.4, 0.5) is 9.18 Å². The molecule has 16 heavy (non-hydrogen) atoms. The van der Waals surface area contributed by atoms with E-state index in [4.69, 9.17) is 4.74 Å². The molecule has 1 amide bonds. The van der Waals surface area contributed by atoms with E-state index < -0.39 is 23.4 Å². The number of aliphatic hydroxyl groups is 1. The largest absolute Gasteiger partial charge is 0.444 e. The van der Waals surface area contributed by atoms with Gasteiger partial charge in [-0.25, -0.2) is 9.18 Å². The molecule has 0 aromatic heterocycles. The monoisotopic (exact) mass is 233 g/mol. The molecule has 0 aromatic rings. The third-order valence-electron chi connectivity index (χ3n) is 2.65. The second kappa shape index (κ2) is 4.20. The fourth-order valence-electron chi connectivity index (χ4n) is 1.83. The normalized spacial score (nSPS) is 30.6. The molecular weight excluding hydrogens is 213 g/mol. The average molecular weight is 233 g/mol. The molecule has 1 N–H and O–H groups in total. The van der Waals surface area contributed by atoms with Crippen LogP contribution in [0.3, 0.4) is 0 Å². The molecule has 1 saturated heterocycles. The summed E-state index contributed by atoms with van der Waals surface area (Å²) in [7, 11) is 0. The van der Waals surface area contributed by atoms with Crippen LogP contribution in [0.2, 0.25) is 0 Å². The first kappa shape index (κ1) is 13.2. The topological polar surface area (TPSA) is 49.8 Å². The molecule has 0 saturated carbocycles. The molecule has 94 valence electrons. The number of likely N-dealkylation sites (tertiary alicyclic amines) is 1. The highest BCUT2D eigenvalue weighted by atomic mass is 19.1. The Morgan fingerprint density at radius 3 is 2.62 bits per heavy atom. The van der Waals surface area contributed by atoms with Crippen molar-refractivity contribution in [3.63, 3.8) is 0 Å². The van der Waals surface area contributed by atoms with E-state index >= 15 is 0 Å². The zero-order valence-corrected chi connectivity index (χ0v) is 10.3. The minimum Gasteiger partial charge on any atom is -0.444 e. The summed E-state index contributed by atoms with van der Waals surface area (Å²) in [5, 5.41) is 9.24. The molecule has 5 heteroatoms. The molecule has 2 atom stereocenters. The van der Waals surface area contributed by atoms with Gasteiger partial charge in [-0.1, -0.05) is 0 Å². The average Bonchev–Trinajstić information content (AvgIpc) is 2.40. The van der Waals surface area contributed by atoms with Gasteiger partial charge in [-0.15, -0.1) is 0 Å². The summed E-state index contributed by atoms with van der Waals surface area (Å²) in [5.41, 5.74) is -1.45. The Balaban J connectivity index is 2.75. The summed E-state index contributed by atoms with van der Waals surface area (Å²) in [6.07, 6.45) is -1.50. The third-order valence-corrected chi connectivity index (χ3v) is 2.65. The lowest BCUT2D eigenvalue weighted by molar-refractivity contribution is -0.000210. The second-order valence-corrected chi connectivity index (χ2v) is 5.55. The zero-order valence-electron chi connectivity index (χ0n) is 10.3. The van der Waals surface area contributed by atoms with Gasteiger partial charge in [-0.2, -0.15) is 0 Å². The number of aliphatic hydroxyl groups excluding tert-OH is 1. The number of hydrogen-bond donors (Lipinski definition) is 1. The molecule has 0 radical (unpaired) electrons. The van der Waals surface area contributed by atoms with E-state index in [1.54, 1.807) is 27.7 Å². The van der Waals surface area contributed by atoms with E-state index in [0.717, 1.165) is 0 Å². The van der Waals surface area contributed by atoms with Crippen molar-refractivity contribution in [1.29, 1.82) is 0 Å². The Labute approximate surface area is 95.4 Å².